The van der Waals surface area contributed by atoms with Gasteiger partial charge in [0.2, 0.25) is 0 Å². The average Bonchev–Trinajstić information content (AvgIpc) is 2.53. The van der Waals surface area contributed by atoms with Crippen molar-refractivity contribution in [1.82, 2.24) is 4.98 Å². The van der Waals surface area contributed by atoms with Crippen LogP contribution in [0, 0.1) is 0 Å². The molecule has 2 nitrogen and oxygen atoms in total. The Morgan fingerprint density at radius 1 is 1.04 bits per heavy atom. The Labute approximate surface area is 135 Å². The lowest BCUT2D eigenvalue weighted by molar-refractivity contribution is -0.136. The molecule has 0 aliphatic heterocycles. The Morgan fingerprint density at radius 3 is 2.52 bits per heavy atom. The summed E-state index contributed by atoms with van der Waals surface area (Å²) >= 11 is 6.22. The third-order valence-electron chi connectivity index (χ3n) is 3.54. The minimum atomic E-state index is -4.47. The number of hydrogen-bond acceptors (Lipinski definition) is 2. The van der Waals surface area contributed by atoms with Crippen molar-refractivity contribution < 1.29 is 17.9 Å². The molecular weight excluding hydrogens is 327 g/mol. The summed E-state index contributed by atoms with van der Waals surface area (Å²) in [5.74, 6) is 0.571. The summed E-state index contributed by atoms with van der Waals surface area (Å²) in [6, 6.07) is 10.7. The molecule has 1 heterocycles. The molecule has 6 heteroatoms. The van der Waals surface area contributed by atoms with Crippen LogP contribution in [-0.4, -0.2) is 12.1 Å². The quantitative estimate of drug-likeness (QED) is 0.608. The summed E-state index contributed by atoms with van der Waals surface area (Å²) in [5, 5.41) is 0.813. The van der Waals surface area contributed by atoms with Crippen molar-refractivity contribution in [2.75, 3.05) is 7.11 Å². The van der Waals surface area contributed by atoms with Crippen molar-refractivity contribution in [2.45, 2.75) is 6.18 Å². The molecule has 0 saturated heterocycles. The highest BCUT2D eigenvalue weighted by Crippen LogP contribution is 2.39. The molecule has 2 aromatic carbocycles. The van der Waals surface area contributed by atoms with Gasteiger partial charge in [0.15, 0.2) is 0 Å². The number of nitrogens with zero attached hydrogens (tertiary/aromatic N) is 1. The molecule has 0 aliphatic rings. The summed E-state index contributed by atoms with van der Waals surface area (Å²) in [6.07, 6.45) is -3.12. The van der Waals surface area contributed by atoms with Gasteiger partial charge in [-0.3, -0.25) is 4.98 Å². The number of halogens is 4. The number of ether oxygens (including phenoxy) is 1. The molecule has 23 heavy (non-hydrogen) atoms. The minimum absolute atomic E-state index is 0.101. The van der Waals surface area contributed by atoms with E-state index in [1.165, 1.54) is 19.4 Å². The molecule has 1 aromatic heterocycles. The van der Waals surface area contributed by atoms with Crippen molar-refractivity contribution >= 4 is 22.5 Å². The number of fused-ring (bicyclic) bond motifs is 1. The van der Waals surface area contributed by atoms with E-state index in [0.29, 0.717) is 27.3 Å². The first kappa shape index (κ1) is 15.6. The molecule has 0 radical (unpaired) electrons. The smallest absolute Gasteiger partial charge is 0.418 e. The highest BCUT2D eigenvalue weighted by Gasteiger charge is 2.33. The number of aromatic nitrogens is 1. The normalized spacial score (nSPS) is 11.7. The molecule has 3 rings (SSSR count). The first-order valence-corrected chi connectivity index (χ1v) is 7.08. The maximum atomic E-state index is 13.2. The van der Waals surface area contributed by atoms with Crippen molar-refractivity contribution in [1.29, 1.82) is 0 Å². The Bertz CT molecular complexity index is 877. The van der Waals surface area contributed by atoms with E-state index in [1.807, 2.05) is 0 Å². The van der Waals surface area contributed by atoms with Crippen molar-refractivity contribution in [3.63, 3.8) is 0 Å². The molecule has 0 spiro atoms. The van der Waals surface area contributed by atoms with Crippen LogP contribution in [0.2, 0.25) is 5.02 Å². The molecule has 3 aromatic rings. The van der Waals surface area contributed by atoms with E-state index in [4.69, 9.17) is 16.3 Å². The molecule has 0 unspecified atom stereocenters. The fraction of sp³-hybridized carbons (Fsp3) is 0.118. The second kappa shape index (κ2) is 5.74. The van der Waals surface area contributed by atoms with Gasteiger partial charge in [0.1, 0.15) is 5.75 Å². The van der Waals surface area contributed by atoms with Gasteiger partial charge in [-0.1, -0.05) is 23.7 Å². The topological polar surface area (TPSA) is 22.1 Å². The average molecular weight is 338 g/mol. The van der Waals surface area contributed by atoms with Crippen LogP contribution < -0.4 is 4.74 Å². The molecule has 0 N–H and O–H groups in total. The first-order chi connectivity index (χ1) is 10.9. The van der Waals surface area contributed by atoms with E-state index in [1.54, 1.807) is 30.3 Å². The molecule has 118 valence electrons. The summed E-state index contributed by atoms with van der Waals surface area (Å²) in [5.41, 5.74) is 0.301. The highest BCUT2D eigenvalue weighted by atomic mass is 35.5. The molecule has 0 amide bonds. The first-order valence-electron chi connectivity index (χ1n) is 6.70. The van der Waals surface area contributed by atoms with E-state index in [0.717, 1.165) is 6.07 Å². The largest absolute Gasteiger partial charge is 0.497 e. The van der Waals surface area contributed by atoms with Gasteiger partial charge in [-0.25, -0.2) is 0 Å². The summed E-state index contributed by atoms with van der Waals surface area (Å²) in [7, 11) is 1.51. The molecule has 0 bridgehead atoms. The van der Waals surface area contributed by atoms with Crippen LogP contribution in [0.15, 0.2) is 48.7 Å². The van der Waals surface area contributed by atoms with E-state index in [2.05, 4.69) is 4.98 Å². The third-order valence-corrected chi connectivity index (χ3v) is 3.87. The van der Waals surface area contributed by atoms with Gasteiger partial charge in [-0.15, -0.1) is 0 Å². The molecule has 0 atom stereocenters. The Kier molecular flexibility index (Phi) is 3.90. The van der Waals surface area contributed by atoms with Gasteiger partial charge in [0, 0.05) is 22.2 Å². The molecular formula is C17H11ClF3NO. The minimum Gasteiger partial charge on any atom is -0.497 e. The fourth-order valence-corrected chi connectivity index (χ4v) is 2.70. The lowest BCUT2D eigenvalue weighted by Gasteiger charge is -2.13. The van der Waals surface area contributed by atoms with E-state index < -0.39 is 11.7 Å². The van der Waals surface area contributed by atoms with Crippen molar-refractivity contribution in [2.24, 2.45) is 0 Å². The summed E-state index contributed by atoms with van der Waals surface area (Å²) < 4.78 is 44.7. The maximum absolute atomic E-state index is 13.2. The van der Waals surface area contributed by atoms with Gasteiger partial charge in [-0.05, 0) is 35.9 Å². The van der Waals surface area contributed by atoms with Crippen LogP contribution >= 0.6 is 11.6 Å². The van der Waals surface area contributed by atoms with Gasteiger partial charge in [0.25, 0.3) is 0 Å². The maximum Gasteiger partial charge on any atom is 0.418 e. The number of rotatable bonds is 2. The number of pyridine rings is 1. The second-order valence-corrected chi connectivity index (χ2v) is 5.31. The fourth-order valence-electron chi connectivity index (χ4n) is 2.48. The Morgan fingerprint density at radius 2 is 1.83 bits per heavy atom. The number of alkyl halides is 3. The summed E-state index contributed by atoms with van der Waals surface area (Å²) in [6.45, 7) is 0. The lowest BCUT2D eigenvalue weighted by Crippen LogP contribution is -2.06. The van der Waals surface area contributed by atoms with Crippen LogP contribution in [0.4, 0.5) is 13.2 Å². The van der Waals surface area contributed by atoms with Gasteiger partial charge < -0.3 is 4.74 Å². The Hall–Kier alpha value is -2.27. The zero-order chi connectivity index (χ0) is 16.6. The van der Waals surface area contributed by atoms with Crippen LogP contribution in [0.3, 0.4) is 0 Å². The van der Waals surface area contributed by atoms with Crippen molar-refractivity contribution in [3.8, 4) is 16.9 Å². The molecule has 0 aliphatic carbocycles. The van der Waals surface area contributed by atoms with Crippen LogP contribution in [-0.2, 0) is 6.18 Å². The monoisotopic (exact) mass is 337 g/mol. The Balaban J connectivity index is 2.32. The number of benzene rings is 2. The summed E-state index contributed by atoms with van der Waals surface area (Å²) in [4.78, 5) is 3.91. The SMILES string of the molecule is COc1ccc(Cl)c(-c2ccnc3c(C(F)(F)F)cccc23)c1. The second-order valence-electron chi connectivity index (χ2n) is 4.90. The molecule has 0 saturated carbocycles. The van der Waals surface area contributed by atoms with Crippen LogP contribution in [0.5, 0.6) is 5.75 Å². The predicted octanol–water partition coefficient (Wildman–Crippen LogP) is 5.58. The predicted molar refractivity (Wildman–Crippen MR) is 83.7 cm³/mol. The van der Waals surface area contributed by atoms with E-state index in [-0.39, 0.29) is 5.52 Å². The number of hydrogen-bond donors (Lipinski definition) is 0. The molecule has 0 fully saturated rings. The zero-order valence-corrected chi connectivity index (χ0v) is 12.7. The van der Waals surface area contributed by atoms with E-state index >= 15 is 0 Å². The van der Waals surface area contributed by atoms with Gasteiger partial charge in [0.05, 0.1) is 18.2 Å². The lowest BCUT2D eigenvalue weighted by atomic mass is 9.99. The van der Waals surface area contributed by atoms with E-state index in [9.17, 15) is 13.2 Å². The standard InChI is InChI=1S/C17H11ClF3NO/c1-23-10-5-6-15(18)13(9-10)11-7-8-22-16-12(11)3-2-4-14(16)17(19,20)21/h2-9H,1H3. The number of para-hydroxylation sites is 1. The number of methoxy groups -OCH3 is 1. The third kappa shape index (κ3) is 2.84. The van der Waals surface area contributed by atoms with Crippen LogP contribution in [0.1, 0.15) is 5.56 Å². The van der Waals surface area contributed by atoms with Gasteiger partial charge in [-0.2, -0.15) is 13.2 Å². The highest BCUT2D eigenvalue weighted by molar-refractivity contribution is 6.33. The zero-order valence-electron chi connectivity index (χ0n) is 12.0. The van der Waals surface area contributed by atoms with Crippen LogP contribution in [0.25, 0.3) is 22.0 Å². The van der Waals surface area contributed by atoms with Gasteiger partial charge >= 0.3 is 6.18 Å². The van der Waals surface area contributed by atoms with Crippen molar-refractivity contribution in [3.05, 3.63) is 59.2 Å².